The Morgan fingerprint density at radius 3 is 2.95 bits per heavy atom. The molecular formula is C12H12ClFN4O. The quantitative estimate of drug-likeness (QED) is 0.865. The minimum absolute atomic E-state index is 0.141. The zero-order valence-electron chi connectivity index (χ0n) is 10.3. The van der Waals surface area contributed by atoms with Crippen molar-refractivity contribution in [1.29, 1.82) is 0 Å². The van der Waals surface area contributed by atoms with Gasteiger partial charge < -0.3 is 4.74 Å². The molecule has 1 aromatic heterocycles. The lowest BCUT2D eigenvalue weighted by molar-refractivity contribution is 0.199. The van der Waals surface area contributed by atoms with Crippen molar-refractivity contribution in [2.45, 2.75) is 31.9 Å². The summed E-state index contributed by atoms with van der Waals surface area (Å²) in [5.74, 6) is 0.254. The summed E-state index contributed by atoms with van der Waals surface area (Å²) < 4.78 is 21.0. The topological polar surface area (TPSA) is 52.8 Å². The van der Waals surface area contributed by atoms with Crippen LogP contribution in [0.3, 0.4) is 0 Å². The molecule has 1 fully saturated rings. The van der Waals surface area contributed by atoms with Crippen molar-refractivity contribution in [3.05, 3.63) is 34.9 Å². The van der Waals surface area contributed by atoms with Crippen LogP contribution in [-0.4, -0.2) is 20.2 Å². The molecule has 3 rings (SSSR count). The van der Waals surface area contributed by atoms with E-state index in [1.165, 1.54) is 12.1 Å². The van der Waals surface area contributed by atoms with Crippen LogP contribution in [0.1, 0.15) is 37.7 Å². The Morgan fingerprint density at radius 2 is 2.26 bits per heavy atom. The Labute approximate surface area is 114 Å². The lowest BCUT2D eigenvalue weighted by Crippen LogP contribution is -2.12. The minimum atomic E-state index is -0.496. The molecule has 0 amide bonds. The van der Waals surface area contributed by atoms with Gasteiger partial charge in [0.1, 0.15) is 0 Å². The highest BCUT2D eigenvalue weighted by molar-refractivity contribution is 6.30. The molecule has 1 saturated carbocycles. The molecule has 19 heavy (non-hydrogen) atoms. The van der Waals surface area contributed by atoms with Crippen molar-refractivity contribution in [3.8, 4) is 5.75 Å². The Hall–Kier alpha value is -1.69. The first-order chi connectivity index (χ1) is 9.15. The van der Waals surface area contributed by atoms with Gasteiger partial charge in [0.2, 0.25) is 0 Å². The Balaban J connectivity index is 1.80. The third kappa shape index (κ3) is 2.53. The van der Waals surface area contributed by atoms with E-state index in [2.05, 4.69) is 15.5 Å². The normalized spacial score (nSPS) is 16.4. The monoisotopic (exact) mass is 282 g/mol. The van der Waals surface area contributed by atoms with Crippen LogP contribution in [0.15, 0.2) is 18.2 Å². The number of nitrogens with zero attached hydrogens (tertiary/aromatic N) is 4. The van der Waals surface area contributed by atoms with E-state index in [9.17, 15) is 4.39 Å². The number of hydrogen-bond acceptors (Lipinski definition) is 4. The first-order valence-electron chi connectivity index (χ1n) is 6.04. The number of rotatable bonds is 4. The fraction of sp³-hybridized carbons (Fsp3) is 0.417. The molecule has 0 radical (unpaired) electrons. The summed E-state index contributed by atoms with van der Waals surface area (Å²) in [6, 6.07) is 4.65. The predicted octanol–water partition coefficient (Wildman–Crippen LogP) is 2.94. The third-order valence-electron chi connectivity index (χ3n) is 2.97. The summed E-state index contributed by atoms with van der Waals surface area (Å²) in [4.78, 5) is 0. The number of ether oxygens (including phenoxy) is 1. The minimum Gasteiger partial charge on any atom is -0.480 e. The van der Waals surface area contributed by atoms with E-state index in [0.717, 1.165) is 12.8 Å². The molecule has 100 valence electrons. The van der Waals surface area contributed by atoms with Gasteiger partial charge in [0.15, 0.2) is 23.5 Å². The second-order valence-corrected chi connectivity index (χ2v) is 4.98. The summed E-state index contributed by atoms with van der Waals surface area (Å²) in [5, 5.41) is 11.9. The van der Waals surface area contributed by atoms with E-state index in [4.69, 9.17) is 16.3 Å². The third-order valence-corrected chi connectivity index (χ3v) is 3.21. The lowest BCUT2D eigenvalue weighted by Gasteiger charge is -2.14. The van der Waals surface area contributed by atoms with Crippen LogP contribution in [-0.2, 0) is 0 Å². The van der Waals surface area contributed by atoms with Crippen LogP contribution in [0.4, 0.5) is 4.39 Å². The average Bonchev–Trinajstić information content (AvgIpc) is 3.10. The van der Waals surface area contributed by atoms with Gasteiger partial charge in [-0.1, -0.05) is 11.6 Å². The van der Waals surface area contributed by atoms with Crippen molar-refractivity contribution >= 4 is 11.6 Å². The second kappa shape index (κ2) is 4.77. The summed E-state index contributed by atoms with van der Waals surface area (Å²) >= 11 is 5.70. The number of hydrogen-bond donors (Lipinski definition) is 0. The Kier molecular flexibility index (Phi) is 3.10. The van der Waals surface area contributed by atoms with Crippen molar-refractivity contribution in [2.24, 2.45) is 0 Å². The average molecular weight is 283 g/mol. The summed E-state index contributed by atoms with van der Waals surface area (Å²) in [6.07, 6.45) is 1.71. The second-order valence-electron chi connectivity index (χ2n) is 4.55. The van der Waals surface area contributed by atoms with Crippen LogP contribution in [0.2, 0.25) is 5.02 Å². The molecular weight excluding hydrogens is 271 g/mol. The molecule has 0 spiro atoms. The number of tetrazole rings is 1. The highest BCUT2D eigenvalue weighted by Gasteiger charge is 2.30. The molecule has 1 atom stereocenters. The van der Waals surface area contributed by atoms with Gasteiger partial charge in [0.25, 0.3) is 0 Å². The first kappa shape index (κ1) is 12.3. The number of aromatic nitrogens is 4. The molecule has 2 aromatic rings. The fourth-order valence-corrected chi connectivity index (χ4v) is 2.02. The molecule has 1 unspecified atom stereocenters. The van der Waals surface area contributed by atoms with Crippen LogP contribution in [0.5, 0.6) is 5.75 Å². The molecule has 0 bridgehead atoms. The van der Waals surface area contributed by atoms with Gasteiger partial charge in [0, 0.05) is 5.02 Å². The van der Waals surface area contributed by atoms with Crippen molar-refractivity contribution in [3.63, 3.8) is 0 Å². The molecule has 1 aromatic carbocycles. The predicted molar refractivity (Wildman–Crippen MR) is 66.5 cm³/mol. The van der Waals surface area contributed by atoms with Crippen LogP contribution in [0.25, 0.3) is 0 Å². The summed E-state index contributed by atoms with van der Waals surface area (Å²) in [5.41, 5.74) is 0. The molecule has 7 heteroatoms. The van der Waals surface area contributed by atoms with E-state index < -0.39 is 11.9 Å². The van der Waals surface area contributed by atoms with Gasteiger partial charge in [-0.15, -0.1) is 5.10 Å². The zero-order chi connectivity index (χ0) is 13.4. The van der Waals surface area contributed by atoms with Gasteiger partial charge in [-0.2, -0.15) is 0 Å². The lowest BCUT2D eigenvalue weighted by atomic mass is 10.3. The molecule has 1 aliphatic rings. The molecule has 5 nitrogen and oxygen atoms in total. The first-order valence-corrected chi connectivity index (χ1v) is 6.42. The fourth-order valence-electron chi connectivity index (χ4n) is 1.86. The van der Waals surface area contributed by atoms with E-state index >= 15 is 0 Å². The van der Waals surface area contributed by atoms with Gasteiger partial charge in [-0.05, 0) is 48.4 Å². The summed E-state index contributed by atoms with van der Waals surface area (Å²) in [7, 11) is 0. The van der Waals surface area contributed by atoms with Gasteiger partial charge in [-0.3, -0.25) is 0 Å². The van der Waals surface area contributed by atoms with E-state index in [-0.39, 0.29) is 5.75 Å². The van der Waals surface area contributed by atoms with Gasteiger partial charge >= 0.3 is 0 Å². The van der Waals surface area contributed by atoms with Crippen molar-refractivity contribution in [1.82, 2.24) is 20.2 Å². The van der Waals surface area contributed by atoms with E-state index in [1.54, 1.807) is 17.7 Å². The van der Waals surface area contributed by atoms with Crippen LogP contribution >= 0.6 is 11.6 Å². The van der Waals surface area contributed by atoms with Crippen molar-refractivity contribution < 1.29 is 9.13 Å². The highest BCUT2D eigenvalue weighted by Crippen LogP contribution is 2.36. The SMILES string of the molecule is CC(Oc1ccc(Cl)cc1F)c1nnnn1C1CC1. The van der Waals surface area contributed by atoms with Crippen molar-refractivity contribution in [2.75, 3.05) is 0 Å². The Morgan fingerprint density at radius 1 is 1.47 bits per heavy atom. The Bertz CT molecular complexity index is 599. The molecule has 1 aliphatic carbocycles. The number of halogens is 2. The maximum atomic E-state index is 13.7. The molecule has 0 saturated heterocycles. The van der Waals surface area contributed by atoms with E-state index in [1.807, 2.05) is 0 Å². The molecule has 0 aliphatic heterocycles. The molecule has 1 heterocycles. The van der Waals surface area contributed by atoms with Crippen LogP contribution < -0.4 is 4.74 Å². The summed E-state index contributed by atoms with van der Waals surface area (Å²) in [6.45, 7) is 1.79. The van der Waals surface area contributed by atoms with Gasteiger partial charge in [0.05, 0.1) is 6.04 Å². The maximum absolute atomic E-state index is 13.7. The van der Waals surface area contributed by atoms with E-state index in [0.29, 0.717) is 16.9 Å². The maximum Gasteiger partial charge on any atom is 0.192 e. The molecule has 0 N–H and O–H groups in total. The largest absolute Gasteiger partial charge is 0.480 e. The van der Waals surface area contributed by atoms with Gasteiger partial charge in [-0.25, -0.2) is 9.07 Å². The standard InChI is InChI=1S/C12H12ClFN4O/c1-7(12-15-16-17-18(12)9-3-4-9)19-11-5-2-8(13)6-10(11)14/h2,5-7,9H,3-4H2,1H3. The number of benzene rings is 1. The smallest absolute Gasteiger partial charge is 0.192 e. The zero-order valence-corrected chi connectivity index (χ0v) is 11.0. The van der Waals surface area contributed by atoms with Crippen LogP contribution in [0, 0.1) is 5.82 Å². The highest BCUT2D eigenvalue weighted by atomic mass is 35.5.